The monoisotopic (exact) mass is 294 g/mol. The zero-order valence-electron chi connectivity index (χ0n) is 13.1. The van der Waals surface area contributed by atoms with Gasteiger partial charge in [-0.3, -0.25) is 4.79 Å². The molecule has 1 aromatic rings. The van der Waals surface area contributed by atoms with E-state index in [1.807, 2.05) is 6.92 Å². The van der Waals surface area contributed by atoms with E-state index in [-0.39, 0.29) is 17.4 Å². The Labute approximate surface area is 126 Å². The van der Waals surface area contributed by atoms with E-state index in [2.05, 4.69) is 6.92 Å². The minimum atomic E-state index is -1.06. The van der Waals surface area contributed by atoms with Crippen molar-refractivity contribution in [2.24, 2.45) is 5.92 Å². The van der Waals surface area contributed by atoms with E-state index in [1.54, 1.807) is 13.0 Å². The zero-order valence-corrected chi connectivity index (χ0v) is 13.1. The summed E-state index contributed by atoms with van der Waals surface area (Å²) in [4.78, 5) is 11.9. The second-order valence-corrected chi connectivity index (χ2v) is 5.81. The van der Waals surface area contributed by atoms with Gasteiger partial charge < -0.3 is 15.3 Å². The number of hydrogen-bond acceptors (Lipinski definition) is 3. The summed E-state index contributed by atoms with van der Waals surface area (Å²) in [5.74, 6) is -1.41. The van der Waals surface area contributed by atoms with Crippen LogP contribution in [0, 0.1) is 5.92 Å². The topological polar surface area (TPSA) is 77.8 Å². The lowest BCUT2D eigenvalue weighted by atomic mass is 9.68. The molecule has 0 saturated heterocycles. The van der Waals surface area contributed by atoms with Crippen LogP contribution in [0.2, 0.25) is 0 Å². The highest BCUT2D eigenvalue weighted by atomic mass is 16.4. The fourth-order valence-electron chi connectivity index (χ4n) is 2.92. The van der Waals surface area contributed by atoms with Gasteiger partial charge >= 0.3 is 5.97 Å². The molecule has 0 aliphatic rings. The summed E-state index contributed by atoms with van der Waals surface area (Å²) < 4.78 is 0. The molecule has 4 nitrogen and oxygen atoms in total. The Bertz CT molecular complexity index is 484. The highest BCUT2D eigenvalue weighted by Gasteiger charge is 2.42. The Hall–Kier alpha value is -1.71. The third-order valence-corrected chi connectivity index (χ3v) is 4.48. The number of rotatable bonds is 8. The normalized spacial score (nSPS) is 15.4. The van der Waals surface area contributed by atoms with Crippen molar-refractivity contribution in [2.75, 3.05) is 0 Å². The zero-order chi connectivity index (χ0) is 16.0. The van der Waals surface area contributed by atoms with E-state index in [9.17, 15) is 20.1 Å². The van der Waals surface area contributed by atoms with Gasteiger partial charge in [-0.25, -0.2) is 0 Å². The Balaban J connectivity index is 3.15. The first-order valence-electron chi connectivity index (χ1n) is 7.63. The molecule has 3 N–H and O–H groups in total. The number of phenols is 2. The van der Waals surface area contributed by atoms with Crippen LogP contribution in [0.15, 0.2) is 18.2 Å². The van der Waals surface area contributed by atoms with Crippen LogP contribution in [0.25, 0.3) is 0 Å². The molecule has 0 aliphatic carbocycles. The lowest BCUT2D eigenvalue weighted by Gasteiger charge is -2.34. The van der Waals surface area contributed by atoms with Crippen molar-refractivity contribution in [1.82, 2.24) is 0 Å². The second kappa shape index (κ2) is 7.34. The number of hydrogen-bond donors (Lipinski definition) is 3. The minimum absolute atomic E-state index is 0.00880. The summed E-state index contributed by atoms with van der Waals surface area (Å²) in [5.41, 5.74) is -0.526. The van der Waals surface area contributed by atoms with Gasteiger partial charge in [-0.15, -0.1) is 0 Å². The fraction of sp³-hybridized carbons (Fsp3) is 0.588. The van der Waals surface area contributed by atoms with E-state index in [1.165, 1.54) is 12.1 Å². The molecule has 0 saturated carbocycles. The number of benzene rings is 1. The Kier molecular flexibility index (Phi) is 6.06. The summed E-state index contributed by atoms with van der Waals surface area (Å²) in [7, 11) is 0. The predicted octanol–water partition coefficient (Wildman–Crippen LogP) is 4.05. The van der Waals surface area contributed by atoms with Crippen molar-refractivity contribution in [3.8, 4) is 11.5 Å². The van der Waals surface area contributed by atoms with Gasteiger partial charge in [0, 0.05) is 0 Å². The van der Waals surface area contributed by atoms with E-state index in [0.29, 0.717) is 5.56 Å². The SMILES string of the molecule is CCCCCC(CC)C(C)(C(=O)O)c1ccc(O)c(O)c1. The number of phenolic OH excluding ortho intramolecular Hbond substituents is 2. The van der Waals surface area contributed by atoms with E-state index >= 15 is 0 Å². The van der Waals surface area contributed by atoms with Gasteiger partial charge in [0.1, 0.15) is 0 Å². The van der Waals surface area contributed by atoms with Gasteiger partial charge in [-0.05, 0) is 37.0 Å². The van der Waals surface area contributed by atoms with Gasteiger partial charge in [-0.1, -0.05) is 45.6 Å². The summed E-state index contributed by atoms with van der Waals surface area (Å²) in [5, 5.41) is 28.9. The van der Waals surface area contributed by atoms with Crippen LogP contribution in [0.5, 0.6) is 11.5 Å². The maximum absolute atomic E-state index is 11.9. The molecular weight excluding hydrogens is 268 g/mol. The van der Waals surface area contributed by atoms with E-state index in [0.717, 1.165) is 32.1 Å². The van der Waals surface area contributed by atoms with Crippen molar-refractivity contribution in [1.29, 1.82) is 0 Å². The van der Waals surface area contributed by atoms with Gasteiger partial charge in [0.25, 0.3) is 0 Å². The Morgan fingerprint density at radius 2 is 1.86 bits per heavy atom. The predicted molar refractivity (Wildman–Crippen MR) is 82.7 cm³/mol. The van der Waals surface area contributed by atoms with Crippen LogP contribution in [0.1, 0.15) is 58.4 Å². The molecule has 0 heterocycles. The molecule has 0 amide bonds. The molecular formula is C17H26O4. The molecule has 0 fully saturated rings. The second-order valence-electron chi connectivity index (χ2n) is 5.81. The first-order chi connectivity index (χ1) is 9.87. The van der Waals surface area contributed by atoms with Crippen molar-refractivity contribution in [2.45, 2.75) is 58.3 Å². The minimum Gasteiger partial charge on any atom is -0.504 e. The van der Waals surface area contributed by atoms with Gasteiger partial charge in [0.2, 0.25) is 0 Å². The molecule has 2 atom stereocenters. The highest BCUT2D eigenvalue weighted by Crippen LogP contribution is 2.40. The standard InChI is InChI=1S/C17H26O4/c1-4-6-7-8-12(5-2)17(3,16(20)21)13-9-10-14(18)15(19)11-13/h9-12,18-19H,4-8H2,1-3H3,(H,20,21). The molecule has 118 valence electrons. The molecule has 0 aliphatic heterocycles. The highest BCUT2D eigenvalue weighted by molar-refractivity contribution is 5.81. The quantitative estimate of drug-likeness (QED) is 0.499. The number of carboxylic acid groups (broad SMARTS) is 1. The van der Waals surface area contributed by atoms with E-state index in [4.69, 9.17) is 0 Å². The average molecular weight is 294 g/mol. The average Bonchev–Trinajstić information content (AvgIpc) is 2.45. The Morgan fingerprint density at radius 1 is 1.19 bits per heavy atom. The van der Waals surface area contributed by atoms with Gasteiger partial charge in [0.15, 0.2) is 11.5 Å². The molecule has 1 rings (SSSR count). The summed E-state index contributed by atoms with van der Waals surface area (Å²) >= 11 is 0. The summed E-state index contributed by atoms with van der Waals surface area (Å²) in [6, 6.07) is 4.31. The summed E-state index contributed by atoms with van der Waals surface area (Å²) in [6.45, 7) is 5.83. The lowest BCUT2D eigenvalue weighted by Crippen LogP contribution is -2.40. The third-order valence-electron chi connectivity index (χ3n) is 4.48. The molecule has 21 heavy (non-hydrogen) atoms. The molecule has 4 heteroatoms. The summed E-state index contributed by atoms with van der Waals surface area (Å²) in [6.07, 6.45) is 4.79. The largest absolute Gasteiger partial charge is 0.504 e. The number of carbonyl (C=O) groups is 1. The smallest absolute Gasteiger partial charge is 0.314 e. The fourth-order valence-corrected chi connectivity index (χ4v) is 2.92. The number of unbranched alkanes of at least 4 members (excludes halogenated alkanes) is 2. The number of carboxylic acids is 1. The van der Waals surface area contributed by atoms with E-state index < -0.39 is 11.4 Å². The maximum atomic E-state index is 11.9. The van der Waals surface area contributed by atoms with Crippen LogP contribution in [0.3, 0.4) is 0 Å². The van der Waals surface area contributed by atoms with Crippen molar-refractivity contribution in [3.63, 3.8) is 0 Å². The van der Waals surface area contributed by atoms with Crippen LogP contribution < -0.4 is 0 Å². The first kappa shape index (κ1) is 17.3. The van der Waals surface area contributed by atoms with Crippen molar-refractivity contribution >= 4 is 5.97 Å². The van der Waals surface area contributed by atoms with Crippen LogP contribution in [-0.4, -0.2) is 21.3 Å². The maximum Gasteiger partial charge on any atom is 0.314 e. The molecule has 0 spiro atoms. The van der Waals surface area contributed by atoms with Gasteiger partial charge in [-0.2, -0.15) is 0 Å². The molecule has 0 bridgehead atoms. The Morgan fingerprint density at radius 3 is 2.33 bits per heavy atom. The van der Waals surface area contributed by atoms with Crippen LogP contribution in [0.4, 0.5) is 0 Å². The first-order valence-corrected chi connectivity index (χ1v) is 7.63. The van der Waals surface area contributed by atoms with Gasteiger partial charge in [0.05, 0.1) is 5.41 Å². The molecule has 1 aromatic carbocycles. The third kappa shape index (κ3) is 3.69. The number of aliphatic carboxylic acids is 1. The van der Waals surface area contributed by atoms with Crippen LogP contribution >= 0.6 is 0 Å². The molecule has 2 unspecified atom stereocenters. The van der Waals surface area contributed by atoms with Crippen molar-refractivity contribution < 1.29 is 20.1 Å². The molecule has 0 radical (unpaired) electrons. The van der Waals surface area contributed by atoms with Crippen LogP contribution in [-0.2, 0) is 10.2 Å². The van der Waals surface area contributed by atoms with Crippen molar-refractivity contribution in [3.05, 3.63) is 23.8 Å². The number of aromatic hydroxyl groups is 2. The molecule has 0 aromatic heterocycles. The lowest BCUT2D eigenvalue weighted by molar-refractivity contribution is -0.145.